The Morgan fingerprint density at radius 1 is 1.00 bits per heavy atom. The third-order valence-corrected chi connectivity index (χ3v) is 6.05. The van der Waals surface area contributed by atoms with Crippen molar-refractivity contribution in [2.75, 3.05) is 6.61 Å². The van der Waals surface area contributed by atoms with Crippen molar-refractivity contribution in [1.29, 1.82) is 0 Å². The lowest BCUT2D eigenvalue weighted by Gasteiger charge is -2.22. The lowest BCUT2D eigenvalue weighted by molar-refractivity contribution is -0.147. The first-order valence-electron chi connectivity index (χ1n) is 12.5. The number of hydrazone groups is 1. The number of carboxylic acid groups (broad SMARTS) is 1. The van der Waals surface area contributed by atoms with Gasteiger partial charge < -0.3 is 15.6 Å². The third-order valence-electron chi connectivity index (χ3n) is 5.81. The average molecular weight is 553 g/mol. The molecule has 0 aliphatic carbocycles. The van der Waals surface area contributed by atoms with E-state index < -0.39 is 24.0 Å². The molecule has 10 nitrogen and oxygen atoms in total. The predicted octanol–water partition coefficient (Wildman–Crippen LogP) is 2.99. The van der Waals surface area contributed by atoms with Gasteiger partial charge in [-0.3, -0.25) is 20.3 Å². The zero-order chi connectivity index (χ0) is 28.0. The molecule has 1 heterocycles. The number of aliphatic carboxylic acids is 1. The highest BCUT2D eigenvalue weighted by atomic mass is 35.5. The molecule has 39 heavy (non-hydrogen) atoms. The quantitative estimate of drug-likeness (QED) is 0.197. The number of aryl methyl sites for hydroxylation is 1. The van der Waals surface area contributed by atoms with E-state index in [0.29, 0.717) is 23.8 Å². The Labute approximate surface area is 232 Å². The van der Waals surface area contributed by atoms with Crippen LogP contribution < -0.4 is 27.5 Å². The van der Waals surface area contributed by atoms with E-state index in [1.165, 1.54) is 0 Å². The molecule has 3 aromatic rings. The molecule has 0 radical (unpaired) electrons. The fourth-order valence-corrected chi connectivity index (χ4v) is 4.06. The molecule has 206 valence electrons. The number of esters is 1. The minimum atomic E-state index is -1.01. The van der Waals surface area contributed by atoms with Gasteiger partial charge in [-0.05, 0) is 60.6 Å². The van der Waals surface area contributed by atoms with Gasteiger partial charge in [0.15, 0.2) is 0 Å². The molecule has 11 heteroatoms. The SMILES string of the molecule is CCOC(=O)[C@H](CCc1ccccc1)N[C@@H](Cc1ccc(-c2cccc(Cl)c2)cc1)C(=O)O.NC1=NNNN1. The van der Waals surface area contributed by atoms with Crippen molar-refractivity contribution in [2.45, 2.75) is 38.3 Å². The maximum Gasteiger partial charge on any atom is 0.323 e. The summed E-state index contributed by atoms with van der Waals surface area (Å²) in [6, 6.07) is 23.4. The number of nitrogens with two attached hydrogens (primary N) is 1. The first kappa shape index (κ1) is 29.4. The lowest BCUT2D eigenvalue weighted by Crippen LogP contribution is -2.49. The Morgan fingerprint density at radius 3 is 2.31 bits per heavy atom. The summed E-state index contributed by atoms with van der Waals surface area (Å²) in [5, 5.41) is 17.0. The van der Waals surface area contributed by atoms with Gasteiger partial charge in [-0.1, -0.05) is 78.3 Å². The number of ether oxygens (including phenoxy) is 1. The first-order valence-corrected chi connectivity index (χ1v) is 12.9. The zero-order valence-electron chi connectivity index (χ0n) is 21.6. The van der Waals surface area contributed by atoms with Crippen LogP contribution >= 0.6 is 11.6 Å². The number of carbonyl (C=O) groups is 2. The van der Waals surface area contributed by atoms with Gasteiger partial charge in [0.05, 0.1) is 6.61 Å². The summed E-state index contributed by atoms with van der Waals surface area (Å²) in [7, 11) is 0. The minimum absolute atomic E-state index is 0.241. The molecule has 7 N–H and O–H groups in total. The van der Waals surface area contributed by atoms with E-state index in [0.717, 1.165) is 22.3 Å². The number of hydrogen-bond acceptors (Lipinski definition) is 9. The Hall–Kier alpha value is -4.12. The molecule has 0 fully saturated rings. The van der Waals surface area contributed by atoms with Crippen molar-refractivity contribution in [3.63, 3.8) is 0 Å². The number of nitrogens with one attached hydrogen (secondary N) is 4. The zero-order valence-corrected chi connectivity index (χ0v) is 22.3. The monoisotopic (exact) mass is 552 g/mol. The molecular weight excluding hydrogens is 520 g/mol. The maximum absolute atomic E-state index is 12.5. The summed E-state index contributed by atoms with van der Waals surface area (Å²) in [5.41, 5.74) is 16.3. The molecule has 0 saturated carbocycles. The van der Waals surface area contributed by atoms with E-state index >= 15 is 0 Å². The number of hydrogen-bond donors (Lipinski definition) is 6. The molecule has 2 atom stereocenters. The summed E-state index contributed by atoms with van der Waals surface area (Å²) in [5.74, 6) is -1.09. The summed E-state index contributed by atoms with van der Waals surface area (Å²) < 4.78 is 5.19. The van der Waals surface area contributed by atoms with E-state index in [-0.39, 0.29) is 13.0 Å². The van der Waals surface area contributed by atoms with E-state index in [4.69, 9.17) is 22.1 Å². The largest absolute Gasteiger partial charge is 0.480 e. The smallest absolute Gasteiger partial charge is 0.323 e. The number of benzene rings is 3. The normalized spacial score (nSPS) is 13.5. The maximum atomic E-state index is 12.5. The van der Waals surface area contributed by atoms with Gasteiger partial charge in [-0.2, -0.15) is 0 Å². The second kappa shape index (κ2) is 15.3. The minimum Gasteiger partial charge on any atom is -0.480 e. The van der Waals surface area contributed by atoms with E-state index in [2.05, 4.69) is 26.9 Å². The van der Waals surface area contributed by atoms with Crippen molar-refractivity contribution in [3.8, 4) is 11.1 Å². The summed E-state index contributed by atoms with van der Waals surface area (Å²) in [6.45, 7) is 1.98. The molecule has 0 saturated heterocycles. The van der Waals surface area contributed by atoms with Crippen LogP contribution in [0.5, 0.6) is 0 Å². The van der Waals surface area contributed by atoms with Gasteiger partial charge in [0.2, 0.25) is 5.96 Å². The molecule has 3 aromatic carbocycles. The first-order chi connectivity index (χ1) is 18.9. The molecule has 1 aliphatic heterocycles. The third kappa shape index (κ3) is 9.93. The topological polar surface area (TPSA) is 150 Å². The van der Waals surface area contributed by atoms with Gasteiger partial charge in [0, 0.05) is 5.02 Å². The van der Waals surface area contributed by atoms with E-state index in [1.54, 1.807) is 6.92 Å². The molecule has 0 aromatic heterocycles. The van der Waals surface area contributed by atoms with Crippen LogP contribution in [0.4, 0.5) is 0 Å². The average Bonchev–Trinajstić information content (AvgIpc) is 3.42. The number of carboxylic acids is 1. The van der Waals surface area contributed by atoms with Crippen molar-refractivity contribution in [3.05, 3.63) is 95.0 Å². The van der Waals surface area contributed by atoms with Gasteiger partial charge in [0.25, 0.3) is 0 Å². The molecule has 1 aliphatic rings. The summed E-state index contributed by atoms with van der Waals surface area (Å²) in [4.78, 5) is 24.5. The van der Waals surface area contributed by atoms with Gasteiger partial charge >= 0.3 is 11.9 Å². The van der Waals surface area contributed by atoms with Gasteiger partial charge in [-0.25, -0.2) is 5.53 Å². The van der Waals surface area contributed by atoms with Crippen molar-refractivity contribution in [2.24, 2.45) is 10.8 Å². The second-order valence-electron chi connectivity index (χ2n) is 8.66. The Balaban J connectivity index is 0.000000617. The fourth-order valence-electron chi connectivity index (χ4n) is 3.87. The number of nitrogens with zero attached hydrogens (tertiary/aromatic N) is 1. The predicted molar refractivity (Wildman–Crippen MR) is 151 cm³/mol. The van der Waals surface area contributed by atoms with Gasteiger partial charge in [0.1, 0.15) is 12.1 Å². The Morgan fingerprint density at radius 2 is 1.74 bits per heavy atom. The lowest BCUT2D eigenvalue weighted by atomic mass is 9.99. The molecule has 0 unspecified atom stereocenters. The number of rotatable bonds is 11. The second-order valence-corrected chi connectivity index (χ2v) is 9.09. The van der Waals surface area contributed by atoms with Crippen LogP contribution in [0.3, 0.4) is 0 Å². The van der Waals surface area contributed by atoms with Crippen molar-refractivity contribution < 1.29 is 19.4 Å². The number of halogens is 1. The van der Waals surface area contributed by atoms with Crippen LogP contribution in [0.2, 0.25) is 5.02 Å². The number of guanidine groups is 1. The fraction of sp³-hybridized carbons (Fsp3) is 0.250. The van der Waals surface area contributed by atoms with Crippen LogP contribution in [0.15, 0.2) is 84.0 Å². The highest BCUT2D eigenvalue weighted by Crippen LogP contribution is 2.23. The van der Waals surface area contributed by atoms with E-state index in [9.17, 15) is 14.7 Å². The molecule has 4 rings (SSSR count). The molecule has 0 spiro atoms. The highest BCUT2D eigenvalue weighted by molar-refractivity contribution is 6.30. The van der Waals surface area contributed by atoms with Crippen LogP contribution in [0.25, 0.3) is 11.1 Å². The summed E-state index contributed by atoms with van der Waals surface area (Å²) in [6.07, 6.45) is 1.32. The van der Waals surface area contributed by atoms with Crippen LogP contribution in [-0.4, -0.2) is 41.7 Å². The van der Waals surface area contributed by atoms with Crippen molar-refractivity contribution >= 4 is 29.5 Å². The van der Waals surface area contributed by atoms with Gasteiger partial charge in [-0.15, -0.1) is 10.6 Å². The van der Waals surface area contributed by atoms with Crippen LogP contribution in [0.1, 0.15) is 24.5 Å². The number of hydrazine groups is 2. The standard InChI is InChI=1S/C27H28ClNO4.CH5N5/c1-2-33-27(32)24(16-13-19-7-4-3-5-8-19)29-25(26(30)31)17-20-11-14-21(15-12-20)22-9-6-10-23(28)18-22;2-1-3-5-6-4-1/h3-12,14-15,18,24-25,29H,2,13,16-17H2,1H3,(H,30,31);5-6H,(H3,2,3,4)/t24-,25-;/m0./s1. The Bertz CT molecular complexity index is 1240. The van der Waals surface area contributed by atoms with E-state index in [1.807, 2.05) is 78.9 Å². The van der Waals surface area contributed by atoms with Crippen LogP contribution in [0, 0.1) is 0 Å². The molecule has 0 amide bonds. The molecular formula is C28H33ClN6O4. The number of carbonyl (C=O) groups excluding carboxylic acids is 1. The van der Waals surface area contributed by atoms with Crippen LogP contribution in [-0.2, 0) is 27.2 Å². The summed E-state index contributed by atoms with van der Waals surface area (Å²) >= 11 is 6.08. The van der Waals surface area contributed by atoms with Crippen molar-refractivity contribution in [1.82, 2.24) is 21.8 Å². The highest BCUT2D eigenvalue weighted by Gasteiger charge is 2.27. The molecule has 0 bridgehead atoms. The Kier molecular flexibility index (Phi) is 11.6.